The van der Waals surface area contributed by atoms with Gasteiger partial charge in [-0.3, -0.25) is 4.79 Å². The van der Waals surface area contributed by atoms with Gasteiger partial charge in [0.15, 0.2) is 5.78 Å². The maximum Gasteiger partial charge on any atom is 0.166 e. The molecule has 0 N–H and O–H groups in total. The summed E-state index contributed by atoms with van der Waals surface area (Å²) in [5.74, 6) is 1.76. The second kappa shape index (κ2) is 9.10. The van der Waals surface area contributed by atoms with E-state index >= 15 is 0 Å². The molecule has 1 aliphatic carbocycles. The van der Waals surface area contributed by atoms with Crippen LogP contribution in [-0.2, 0) is 9.53 Å². The third-order valence-corrected chi connectivity index (χ3v) is 4.60. The van der Waals surface area contributed by atoms with Crippen molar-refractivity contribution in [2.24, 2.45) is 17.3 Å². The first-order valence-electron chi connectivity index (χ1n) is 8.99. The van der Waals surface area contributed by atoms with Gasteiger partial charge in [0.1, 0.15) is 5.76 Å². The standard InChI is InChI=1S/C21H34O2/c1-7-15-21(4,5)19(10-8-9-16(2)3)20(22)17-11-13-18(23-6)14-12-17/h10-11,13-14,16-17H,7-9,12,15H2,1-6H3/b19-10-. The van der Waals surface area contributed by atoms with Crippen LogP contribution >= 0.6 is 0 Å². The van der Waals surface area contributed by atoms with E-state index in [1.165, 1.54) is 0 Å². The van der Waals surface area contributed by atoms with Crippen molar-refractivity contribution in [3.8, 4) is 0 Å². The van der Waals surface area contributed by atoms with Gasteiger partial charge in [0, 0.05) is 5.92 Å². The molecule has 0 spiro atoms. The zero-order valence-electron chi connectivity index (χ0n) is 15.8. The molecule has 2 heteroatoms. The van der Waals surface area contributed by atoms with E-state index in [2.05, 4.69) is 40.7 Å². The number of carbonyl (C=O) groups is 1. The normalized spacial score (nSPS) is 19.0. The number of carbonyl (C=O) groups excluding carboxylic acids is 1. The van der Waals surface area contributed by atoms with Crippen LogP contribution in [0.3, 0.4) is 0 Å². The highest BCUT2D eigenvalue weighted by Gasteiger charge is 2.31. The molecule has 0 aromatic rings. The number of hydrogen-bond donors (Lipinski definition) is 0. The van der Waals surface area contributed by atoms with Crippen molar-refractivity contribution >= 4 is 5.78 Å². The zero-order valence-corrected chi connectivity index (χ0v) is 15.8. The molecule has 0 fully saturated rings. The molecular weight excluding hydrogens is 284 g/mol. The molecule has 1 aliphatic rings. The number of Topliss-reactive ketones (excluding diaryl/α,β-unsaturated/α-hetero) is 1. The third kappa shape index (κ3) is 6.01. The summed E-state index contributed by atoms with van der Waals surface area (Å²) in [7, 11) is 1.67. The van der Waals surface area contributed by atoms with E-state index in [-0.39, 0.29) is 17.1 Å². The fraction of sp³-hybridized carbons (Fsp3) is 0.667. The molecule has 0 saturated heterocycles. The summed E-state index contributed by atoms with van der Waals surface area (Å²) in [4.78, 5) is 13.1. The zero-order chi connectivity index (χ0) is 17.5. The van der Waals surface area contributed by atoms with Crippen molar-refractivity contribution in [1.82, 2.24) is 0 Å². The SMILES string of the molecule is CCCC(C)(C)/C(=C\CCC(C)C)C(=O)C1C=CC(OC)=CC1. The van der Waals surface area contributed by atoms with E-state index in [0.29, 0.717) is 5.92 Å². The third-order valence-electron chi connectivity index (χ3n) is 4.60. The fourth-order valence-corrected chi connectivity index (χ4v) is 3.18. The molecule has 0 aromatic carbocycles. The quantitative estimate of drug-likeness (QED) is 0.498. The van der Waals surface area contributed by atoms with Gasteiger partial charge >= 0.3 is 0 Å². The summed E-state index contributed by atoms with van der Waals surface area (Å²) < 4.78 is 5.23. The highest BCUT2D eigenvalue weighted by atomic mass is 16.5. The molecule has 1 atom stereocenters. The van der Waals surface area contributed by atoms with Gasteiger partial charge in [-0.2, -0.15) is 0 Å². The molecule has 0 aromatic heterocycles. The van der Waals surface area contributed by atoms with E-state index < -0.39 is 0 Å². The predicted octanol–water partition coefficient (Wildman–Crippen LogP) is 5.85. The highest BCUT2D eigenvalue weighted by Crippen LogP contribution is 2.36. The van der Waals surface area contributed by atoms with Crippen molar-refractivity contribution in [1.29, 1.82) is 0 Å². The minimum atomic E-state index is -0.0537. The Hall–Kier alpha value is -1.31. The van der Waals surface area contributed by atoms with Crippen LogP contribution in [0.25, 0.3) is 0 Å². The van der Waals surface area contributed by atoms with Crippen LogP contribution < -0.4 is 0 Å². The van der Waals surface area contributed by atoms with Gasteiger partial charge in [-0.1, -0.05) is 53.2 Å². The predicted molar refractivity (Wildman–Crippen MR) is 98.2 cm³/mol. The Balaban J connectivity index is 2.93. The smallest absolute Gasteiger partial charge is 0.166 e. The number of ketones is 1. The number of methoxy groups -OCH3 is 1. The fourth-order valence-electron chi connectivity index (χ4n) is 3.18. The summed E-state index contributed by atoms with van der Waals surface area (Å²) in [5, 5.41) is 0. The van der Waals surface area contributed by atoms with Crippen molar-refractivity contribution in [2.75, 3.05) is 7.11 Å². The van der Waals surface area contributed by atoms with E-state index in [1.807, 2.05) is 18.2 Å². The molecular formula is C21H34O2. The Kier molecular flexibility index (Phi) is 7.81. The number of ether oxygens (including phenoxy) is 1. The maximum absolute atomic E-state index is 13.1. The van der Waals surface area contributed by atoms with Crippen LogP contribution in [0.5, 0.6) is 0 Å². The van der Waals surface area contributed by atoms with E-state index in [1.54, 1.807) is 7.11 Å². The van der Waals surface area contributed by atoms with Gasteiger partial charge in [-0.05, 0) is 54.7 Å². The largest absolute Gasteiger partial charge is 0.497 e. The number of rotatable bonds is 9. The topological polar surface area (TPSA) is 26.3 Å². The average Bonchev–Trinajstić information content (AvgIpc) is 2.50. The van der Waals surface area contributed by atoms with E-state index in [9.17, 15) is 4.79 Å². The van der Waals surface area contributed by atoms with Gasteiger partial charge in [-0.25, -0.2) is 0 Å². The van der Waals surface area contributed by atoms with Crippen molar-refractivity contribution < 1.29 is 9.53 Å². The lowest BCUT2D eigenvalue weighted by Crippen LogP contribution is -2.26. The van der Waals surface area contributed by atoms with Crippen molar-refractivity contribution in [3.63, 3.8) is 0 Å². The second-order valence-electron chi connectivity index (χ2n) is 7.60. The maximum atomic E-state index is 13.1. The molecule has 0 heterocycles. The molecule has 0 aliphatic heterocycles. The summed E-state index contributed by atoms with van der Waals surface area (Å²) >= 11 is 0. The summed E-state index contributed by atoms with van der Waals surface area (Å²) in [6.45, 7) is 11.1. The summed E-state index contributed by atoms with van der Waals surface area (Å²) in [5.41, 5.74) is 0.964. The molecule has 2 nitrogen and oxygen atoms in total. The van der Waals surface area contributed by atoms with Crippen LogP contribution in [0.2, 0.25) is 0 Å². The molecule has 0 saturated carbocycles. The Bertz CT molecular complexity index is 478. The molecule has 0 bridgehead atoms. The lowest BCUT2D eigenvalue weighted by atomic mass is 9.74. The Labute approximate surface area is 142 Å². The molecule has 0 radical (unpaired) electrons. The van der Waals surface area contributed by atoms with Crippen LogP contribution in [0.1, 0.15) is 66.7 Å². The first-order chi connectivity index (χ1) is 10.8. The molecule has 23 heavy (non-hydrogen) atoms. The highest BCUT2D eigenvalue weighted by molar-refractivity contribution is 5.99. The lowest BCUT2D eigenvalue weighted by Gasteiger charge is -2.29. The number of hydrogen-bond acceptors (Lipinski definition) is 2. The van der Waals surface area contributed by atoms with E-state index in [4.69, 9.17) is 4.74 Å². The Morgan fingerprint density at radius 1 is 1.43 bits per heavy atom. The van der Waals surface area contributed by atoms with Crippen LogP contribution in [-0.4, -0.2) is 12.9 Å². The first kappa shape index (κ1) is 19.7. The summed E-state index contributed by atoms with van der Waals surface area (Å²) in [6.07, 6.45) is 13.1. The average molecular weight is 319 g/mol. The molecule has 130 valence electrons. The lowest BCUT2D eigenvalue weighted by molar-refractivity contribution is -0.118. The van der Waals surface area contributed by atoms with Crippen LogP contribution in [0.15, 0.2) is 35.6 Å². The van der Waals surface area contributed by atoms with E-state index in [0.717, 1.165) is 43.4 Å². The molecule has 1 rings (SSSR count). The van der Waals surface area contributed by atoms with Crippen molar-refractivity contribution in [2.45, 2.75) is 66.7 Å². The molecule has 1 unspecified atom stereocenters. The van der Waals surface area contributed by atoms with Gasteiger partial charge in [0.05, 0.1) is 7.11 Å². The summed E-state index contributed by atoms with van der Waals surface area (Å²) in [6, 6.07) is 0. The number of allylic oxidation sites excluding steroid dienone is 5. The van der Waals surface area contributed by atoms with Crippen molar-refractivity contribution in [3.05, 3.63) is 35.6 Å². The minimum absolute atomic E-state index is 0.0460. The minimum Gasteiger partial charge on any atom is -0.497 e. The Morgan fingerprint density at radius 3 is 2.61 bits per heavy atom. The van der Waals surface area contributed by atoms with Crippen LogP contribution in [0.4, 0.5) is 0 Å². The van der Waals surface area contributed by atoms with Gasteiger partial charge in [0.25, 0.3) is 0 Å². The molecule has 0 amide bonds. The van der Waals surface area contributed by atoms with Gasteiger partial charge in [0.2, 0.25) is 0 Å². The van der Waals surface area contributed by atoms with Gasteiger partial charge in [-0.15, -0.1) is 0 Å². The Morgan fingerprint density at radius 2 is 2.13 bits per heavy atom. The second-order valence-corrected chi connectivity index (χ2v) is 7.60. The monoisotopic (exact) mass is 318 g/mol. The van der Waals surface area contributed by atoms with Crippen LogP contribution in [0, 0.1) is 17.3 Å². The van der Waals surface area contributed by atoms with Gasteiger partial charge < -0.3 is 4.74 Å². The first-order valence-corrected chi connectivity index (χ1v) is 8.99.